The summed E-state index contributed by atoms with van der Waals surface area (Å²) in [5.41, 5.74) is 1.94. The Bertz CT molecular complexity index is 500. The molecule has 1 saturated heterocycles. The van der Waals surface area contributed by atoms with E-state index in [9.17, 15) is 0 Å². The number of nitrogens with zero attached hydrogens (tertiary/aromatic N) is 2. The Balaban J connectivity index is 2.09. The Morgan fingerprint density at radius 3 is 3.00 bits per heavy atom. The van der Waals surface area contributed by atoms with Gasteiger partial charge >= 0.3 is 0 Å². The highest BCUT2D eigenvalue weighted by Gasteiger charge is 2.16. The van der Waals surface area contributed by atoms with Crippen LogP contribution in [0.15, 0.2) is 22.8 Å². The minimum Gasteiger partial charge on any atom is -0.464 e. The fourth-order valence-corrected chi connectivity index (χ4v) is 2.18. The molecule has 0 unspecified atom stereocenters. The predicted octanol–water partition coefficient (Wildman–Crippen LogP) is 1.55. The molecule has 84 valence electrons. The minimum atomic E-state index is 0.932. The van der Waals surface area contributed by atoms with Gasteiger partial charge in [-0.3, -0.25) is 0 Å². The van der Waals surface area contributed by atoms with Gasteiger partial charge in [-0.1, -0.05) is 0 Å². The van der Waals surface area contributed by atoms with Crippen LogP contribution in [-0.2, 0) is 0 Å². The fraction of sp³-hybridized carbons (Fsp3) is 0.417. The monoisotopic (exact) mass is 217 g/mol. The lowest BCUT2D eigenvalue weighted by Gasteiger charge is -2.28. The SMILES string of the molecule is Cc1cc2occc2c(N2CCNCC2)n1. The second-order valence-electron chi connectivity index (χ2n) is 4.16. The molecule has 0 aliphatic carbocycles. The van der Waals surface area contributed by atoms with Crippen molar-refractivity contribution >= 4 is 16.8 Å². The van der Waals surface area contributed by atoms with Crippen molar-refractivity contribution in [2.24, 2.45) is 0 Å². The molecule has 0 saturated carbocycles. The van der Waals surface area contributed by atoms with Crippen molar-refractivity contribution in [3.05, 3.63) is 24.1 Å². The van der Waals surface area contributed by atoms with E-state index in [1.54, 1.807) is 6.26 Å². The van der Waals surface area contributed by atoms with Crippen molar-refractivity contribution in [3.8, 4) is 0 Å². The lowest BCUT2D eigenvalue weighted by Crippen LogP contribution is -2.44. The van der Waals surface area contributed by atoms with E-state index in [0.29, 0.717) is 0 Å². The standard InChI is InChI=1S/C12H15N3O/c1-9-8-11-10(2-7-16-11)12(14-9)15-5-3-13-4-6-15/h2,7-8,13H,3-6H2,1H3. The zero-order chi connectivity index (χ0) is 11.0. The molecule has 1 aliphatic heterocycles. The Morgan fingerprint density at radius 2 is 2.19 bits per heavy atom. The van der Waals surface area contributed by atoms with Crippen LogP contribution in [0.1, 0.15) is 5.69 Å². The lowest BCUT2D eigenvalue weighted by atomic mass is 10.2. The van der Waals surface area contributed by atoms with Crippen LogP contribution in [0.4, 0.5) is 5.82 Å². The van der Waals surface area contributed by atoms with E-state index in [1.165, 1.54) is 0 Å². The molecule has 0 bridgehead atoms. The van der Waals surface area contributed by atoms with E-state index >= 15 is 0 Å². The van der Waals surface area contributed by atoms with Gasteiger partial charge in [0.1, 0.15) is 11.4 Å². The van der Waals surface area contributed by atoms with E-state index in [-0.39, 0.29) is 0 Å². The van der Waals surface area contributed by atoms with Gasteiger partial charge in [0.25, 0.3) is 0 Å². The van der Waals surface area contributed by atoms with Crippen LogP contribution in [0.3, 0.4) is 0 Å². The quantitative estimate of drug-likeness (QED) is 0.786. The van der Waals surface area contributed by atoms with Gasteiger partial charge in [-0.2, -0.15) is 0 Å². The molecular formula is C12H15N3O. The summed E-state index contributed by atoms with van der Waals surface area (Å²) in [7, 11) is 0. The van der Waals surface area contributed by atoms with Crippen molar-refractivity contribution in [3.63, 3.8) is 0 Å². The van der Waals surface area contributed by atoms with E-state index in [4.69, 9.17) is 4.42 Å². The highest BCUT2D eigenvalue weighted by Crippen LogP contribution is 2.26. The molecule has 0 amide bonds. The number of nitrogens with one attached hydrogen (secondary N) is 1. The summed E-state index contributed by atoms with van der Waals surface area (Å²) in [6, 6.07) is 3.99. The molecule has 3 heterocycles. The lowest BCUT2D eigenvalue weighted by molar-refractivity contribution is 0.585. The van der Waals surface area contributed by atoms with Crippen LogP contribution in [0.25, 0.3) is 11.0 Å². The number of piperazine rings is 1. The van der Waals surface area contributed by atoms with Gasteiger partial charge in [0.05, 0.1) is 11.6 Å². The Hall–Kier alpha value is -1.55. The summed E-state index contributed by atoms with van der Waals surface area (Å²) in [4.78, 5) is 6.96. The number of fused-ring (bicyclic) bond motifs is 1. The molecule has 3 rings (SSSR count). The first kappa shape index (κ1) is 9.66. The number of furan rings is 1. The molecule has 0 spiro atoms. The highest BCUT2D eigenvalue weighted by atomic mass is 16.3. The van der Waals surface area contributed by atoms with Crippen molar-refractivity contribution in [2.45, 2.75) is 6.92 Å². The average molecular weight is 217 g/mol. The molecule has 0 aromatic carbocycles. The highest BCUT2D eigenvalue weighted by molar-refractivity contribution is 5.89. The van der Waals surface area contributed by atoms with Gasteiger partial charge in [-0.15, -0.1) is 0 Å². The van der Waals surface area contributed by atoms with Gasteiger partial charge in [0.2, 0.25) is 0 Å². The largest absolute Gasteiger partial charge is 0.464 e. The average Bonchev–Trinajstić information content (AvgIpc) is 2.77. The molecule has 1 aliphatic rings. The van der Waals surface area contributed by atoms with Crippen molar-refractivity contribution in [1.82, 2.24) is 10.3 Å². The van der Waals surface area contributed by atoms with Crippen LogP contribution in [-0.4, -0.2) is 31.2 Å². The topological polar surface area (TPSA) is 41.3 Å². The van der Waals surface area contributed by atoms with E-state index in [1.807, 2.05) is 19.1 Å². The zero-order valence-electron chi connectivity index (χ0n) is 9.36. The molecule has 0 radical (unpaired) electrons. The molecule has 2 aromatic rings. The van der Waals surface area contributed by atoms with Crippen molar-refractivity contribution in [1.29, 1.82) is 0 Å². The molecule has 4 nitrogen and oxygen atoms in total. The summed E-state index contributed by atoms with van der Waals surface area (Å²) < 4.78 is 5.45. The van der Waals surface area contributed by atoms with Gasteiger partial charge < -0.3 is 14.6 Å². The van der Waals surface area contributed by atoms with Gasteiger partial charge in [0.15, 0.2) is 0 Å². The third-order valence-electron chi connectivity index (χ3n) is 2.97. The summed E-state index contributed by atoms with van der Waals surface area (Å²) in [6.07, 6.45) is 1.73. The van der Waals surface area contributed by atoms with E-state index in [0.717, 1.165) is 48.7 Å². The van der Waals surface area contributed by atoms with Crippen LogP contribution in [0.5, 0.6) is 0 Å². The number of hydrogen-bond acceptors (Lipinski definition) is 4. The summed E-state index contributed by atoms with van der Waals surface area (Å²) in [5.74, 6) is 1.06. The first-order chi connectivity index (χ1) is 7.84. The van der Waals surface area contributed by atoms with Crippen molar-refractivity contribution in [2.75, 3.05) is 31.1 Å². The molecule has 1 fully saturated rings. The smallest absolute Gasteiger partial charge is 0.140 e. The predicted molar refractivity (Wildman–Crippen MR) is 63.8 cm³/mol. The fourth-order valence-electron chi connectivity index (χ4n) is 2.18. The minimum absolute atomic E-state index is 0.932. The molecule has 2 aromatic heterocycles. The first-order valence-electron chi connectivity index (χ1n) is 5.65. The third-order valence-corrected chi connectivity index (χ3v) is 2.97. The van der Waals surface area contributed by atoms with E-state index < -0.39 is 0 Å². The molecule has 16 heavy (non-hydrogen) atoms. The molecule has 4 heteroatoms. The van der Waals surface area contributed by atoms with Crippen LogP contribution in [0, 0.1) is 6.92 Å². The second kappa shape index (κ2) is 3.79. The third kappa shape index (κ3) is 1.55. The summed E-state index contributed by atoms with van der Waals surface area (Å²) >= 11 is 0. The maximum Gasteiger partial charge on any atom is 0.140 e. The normalized spacial score (nSPS) is 16.9. The number of aromatic nitrogens is 1. The van der Waals surface area contributed by atoms with Crippen LogP contribution >= 0.6 is 0 Å². The van der Waals surface area contributed by atoms with Gasteiger partial charge in [-0.05, 0) is 13.0 Å². The summed E-state index contributed by atoms with van der Waals surface area (Å²) in [6.45, 7) is 6.07. The van der Waals surface area contributed by atoms with Gasteiger partial charge in [-0.25, -0.2) is 4.98 Å². The molecule has 0 atom stereocenters. The first-order valence-corrected chi connectivity index (χ1v) is 5.65. The number of aryl methyl sites for hydroxylation is 1. The van der Waals surface area contributed by atoms with E-state index in [2.05, 4.69) is 15.2 Å². The van der Waals surface area contributed by atoms with Gasteiger partial charge in [0, 0.05) is 37.9 Å². The maximum absolute atomic E-state index is 5.45. The zero-order valence-corrected chi connectivity index (χ0v) is 9.36. The second-order valence-corrected chi connectivity index (χ2v) is 4.16. The maximum atomic E-state index is 5.45. The number of rotatable bonds is 1. The van der Waals surface area contributed by atoms with Crippen molar-refractivity contribution < 1.29 is 4.42 Å². The van der Waals surface area contributed by atoms with Crippen LogP contribution < -0.4 is 10.2 Å². The Labute approximate surface area is 94.3 Å². The Kier molecular flexibility index (Phi) is 2.29. The summed E-state index contributed by atoms with van der Waals surface area (Å²) in [5, 5.41) is 4.47. The molecule has 1 N–H and O–H groups in total. The number of hydrogen-bond donors (Lipinski definition) is 1. The molecular weight excluding hydrogens is 202 g/mol. The number of pyridine rings is 1. The Morgan fingerprint density at radius 1 is 1.38 bits per heavy atom. The van der Waals surface area contributed by atoms with Crippen LogP contribution in [0.2, 0.25) is 0 Å². The number of anilines is 1.